The number of nitrogens with zero attached hydrogens (tertiary/aromatic N) is 1. The van der Waals surface area contributed by atoms with Gasteiger partial charge in [-0.15, -0.1) is 0 Å². The van der Waals surface area contributed by atoms with Crippen molar-refractivity contribution in [3.05, 3.63) is 64.7 Å². The van der Waals surface area contributed by atoms with Crippen LogP contribution in [0.1, 0.15) is 31.8 Å². The van der Waals surface area contributed by atoms with E-state index in [-0.39, 0.29) is 31.0 Å². The maximum atomic E-state index is 13.0. The molecule has 30 heavy (non-hydrogen) atoms. The van der Waals surface area contributed by atoms with Crippen molar-refractivity contribution in [2.24, 2.45) is 0 Å². The van der Waals surface area contributed by atoms with E-state index in [1.165, 1.54) is 43.3 Å². The van der Waals surface area contributed by atoms with Crippen molar-refractivity contribution >= 4 is 24.2 Å². The Morgan fingerprint density at radius 2 is 1.93 bits per heavy atom. The number of methoxy groups -OCH3 is 1. The third-order valence-corrected chi connectivity index (χ3v) is 5.25. The van der Waals surface area contributed by atoms with Crippen LogP contribution >= 0.6 is 0 Å². The number of carboxylic acid groups (broad SMARTS) is 1. The van der Waals surface area contributed by atoms with Crippen LogP contribution in [-0.4, -0.2) is 54.9 Å². The van der Waals surface area contributed by atoms with E-state index in [1.807, 2.05) is 0 Å². The van der Waals surface area contributed by atoms with Gasteiger partial charge in [0.15, 0.2) is 0 Å². The molecule has 1 unspecified atom stereocenters. The van der Waals surface area contributed by atoms with Gasteiger partial charge in [0.05, 0.1) is 19.2 Å². The number of carbonyl (C=O) groups is 4. The zero-order valence-electron chi connectivity index (χ0n) is 16.5. The van der Waals surface area contributed by atoms with Crippen molar-refractivity contribution in [1.29, 1.82) is 0 Å². The van der Waals surface area contributed by atoms with Crippen molar-refractivity contribution in [1.82, 2.24) is 15.5 Å². The highest BCUT2D eigenvalue weighted by molar-refractivity contribution is 6.00. The molecular formula is C21H21N3O6. The Kier molecular flexibility index (Phi) is 5.84. The molecule has 0 radical (unpaired) electrons. The van der Waals surface area contributed by atoms with Gasteiger partial charge in [0.1, 0.15) is 11.3 Å². The summed E-state index contributed by atoms with van der Waals surface area (Å²) in [6.07, 6.45) is 0.269. The van der Waals surface area contributed by atoms with Crippen LogP contribution in [0.25, 0.3) is 0 Å². The second kappa shape index (κ2) is 8.34. The number of rotatable bonds is 8. The Morgan fingerprint density at radius 1 is 1.23 bits per heavy atom. The van der Waals surface area contributed by atoms with Crippen molar-refractivity contribution < 1.29 is 29.0 Å². The van der Waals surface area contributed by atoms with E-state index in [2.05, 4.69) is 10.6 Å². The third kappa shape index (κ3) is 3.62. The van der Waals surface area contributed by atoms with Crippen LogP contribution in [0.5, 0.6) is 5.75 Å². The molecule has 1 aliphatic rings. The molecule has 0 saturated heterocycles. The summed E-state index contributed by atoms with van der Waals surface area (Å²) in [6.45, 7) is 0.203. The van der Waals surface area contributed by atoms with Crippen LogP contribution in [0.4, 0.5) is 0 Å². The molecule has 156 valence electrons. The zero-order chi connectivity index (χ0) is 21.9. The number of hydrogen-bond donors (Lipinski definition) is 3. The van der Waals surface area contributed by atoms with E-state index >= 15 is 0 Å². The van der Waals surface area contributed by atoms with Gasteiger partial charge in [-0.25, -0.2) is 4.79 Å². The molecule has 1 atom stereocenters. The van der Waals surface area contributed by atoms with Crippen molar-refractivity contribution in [3.63, 3.8) is 0 Å². The van der Waals surface area contributed by atoms with Gasteiger partial charge in [0.25, 0.3) is 11.8 Å². The van der Waals surface area contributed by atoms with Gasteiger partial charge in [0, 0.05) is 12.1 Å². The van der Waals surface area contributed by atoms with Gasteiger partial charge < -0.3 is 20.1 Å². The molecule has 0 spiro atoms. The first-order valence-corrected chi connectivity index (χ1v) is 9.10. The summed E-state index contributed by atoms with van der Waals surface area (Å²) in [7, 11) is 3.04. The second-order valence-corrected chi connectivity index (χ2v) is 6.81. The molecule has 0 saturated carbocycles. The SMILES string of the molecule is CNC(CN1Cc2ccc(OC)cc2C1=O)(C(=O)NC=O)c1ccc(C(=O)O)cc1. The average molecular weight is 411 g/mol. The number of carbonyl (C=O) groups excluding carboxylic acids is 3. The van der Waals surface area contributed by atoms with E-state index in [1.54, 1.807) is 18.2 Å². The minimum Gasteiger partial charge on any atom is -0.497 e. The van der Waals surface area contributed by atoms with Gasteiger partial charge in [-0.3, -0.25) is 19.7 Å². The quantitative estimate of drug-likeness (QED) is 0.547. The smallest absolute Gasteiger partial charge is 0.335 e. The highest BCUT2D eigenvalue weighted by atomic mass is 16.5. The summed E-state index contributed by atoms with van der Waals surface area (Å²) in [5.74, 6) is -1.49. The summed E-state index contributed by atoms with van der Waals surface area (Å²) in [5, 5.41) is 14.2. The van der Waals surface area contributed by atoms with E-state index in [0.717, 1.165) is 5.56 Å². The van der Waals surface area contributed by atoms with Gasteiger partial charge in [-0.1, -0.05) is 18.2 Å². The molecule has 0 aliphatic carbocycles. The molecule has 1 heterocycles. The summed E-state index contributed by atoms with van der Waals surface area (Å²) >= 11 is 0. The molecule has 0 fully saturated rings. The van der Waals surface area contributed by atoms with Crippen LogP contribution in [0.2, 0.25) is 0 Å². The van der Waals surface area contributed by atoms with E-state index in [4.69, 9.17) is 9.84 Å². The standard InChI is InChI=1S/C21H21N3O6/c1-22-21(20(29)23-12-25,15-6-3-13(4-7-15)19(27)28)11-24-10-14-5-8-16(30-2)9-17(14)18(24)26/h3-9,12,22H,10-11H2,1-2H3,(H,27,28)(H,23,25,29). The number of carboxylic acids is 1. The third-order valence-electron chi connectivity index (χ3n) is 5.25. The van der Waals surface area contributed by atoms with Gasteiger partial charge in [-0.2, -0.15) is 0 Å². The molecule has 0 bridgehead atoms. The Bertz CT molecular complexity index is 1000. The molecule has 2 aromatic carbocycles. The minimum atomic E-state index is -1.47. The van der Waals surface area contributed by atoms with Crippen molar-refractivity contribution in [3.8, 4) is 5.75 Å². The van der Waals surface area contributed by atoms with E-state index in [9.17, 15) is 19.2 Å². The minimum absolute atomic E-state index is 0.0521. The fourth-order valence-corrected chi connectivity index (χ4v) is 3.59. The Hall–Kier alpha value is -3.72. The first kappa shape index (κ1) is 21.0. The number of fused-ring (bicyclic) bond motifs is 1. The number of amides is 3. The Labute approximate surface area is 172 Å². The molecule has 0 aromatic heterocycles. The van der Waals surface area contributed by atoms with Crippen molar-refractivity contribution in [2.45, 2.75) is 12.1 Å². The molecule has 3 rings (SSSR count). The lowest BCUT2D eigenvalue weighted by molar-refractivity contribution is -0.131. The van der Waals surface area contributed by atoms with Gasteiger partial charge >= 0.3 is 5.97 Å². The summed E-state index contributed by atoms with van der Waals surface area (Å²) in [4.78, 5) is 49.5. The number of aromatic carboxylic acids is 1. The highest BCUT2D eigenvalue weighted by Gasteiger charge is 2.43. The molecule has 3 amide bonds. The van der Waals surface area contributed by atoms with Crippen LogP contribution in [0.3, 0.4) is 0 Å². The van der Waals surface area contributed by atoms with Gasteiger partial charge in [-0.05, 0) is 42.4 Å². The average Bonchev–Trinajstić information content (AvgIpc) is 3.06. The van der Waals surface area contributed by atoms with Gasteiger partial charge in [0.2, 0.25) is 6.41 Å². The predicted molar refractivity (Wildman–Crippen MR) is 106 cm³/mol. The maximum Gasteiger partial charge on any atom is 0.335 e. The Balaban J connectivity index is 1.99. The normalized spacial score (nSPS) is 14.6. The summed E-state index contributed by atoms with van der Waals surface area (Å²) < 4.78 is 5.18. The maximum absolute atomic E-state index is 13.0. The molecule has 9 heteroatoms. The summed E-state index contributed by atoms with van der Waals surface area (Å²) in [6, 6.07) is 10.9. The monoisotopic (exact) mass is 411 g/mol. The number of likely N-dealkylation sites (N-methyl/N-ethyl adjacent to an activating group) is 1. The lowest BCUT2D eigenvalue weighted by atomic mass is 9.87. The topological polar surface area (TPSA) is 125 Å². The second-order valence-electron chi connectivity index (χ2n) is 6.81. The molecule has 3 N–H and O–H groups in total. The molecule has 2 aromatic rings. The first-order chi connectivity index (χ1) is 14.4. The first-order valence-electron chi connectivity index (χ1n) is 9.10. The van der Waals surface area contributed by atoms with Crippen LogP contribution in [-0.2, 0) is 21.7 Å². The number of benzene rings is 2. The molecular weight excluding hydrogens is 390 g/mol. The van der Waals surface area contributed by atoms with Crippen molar-refractivity contribution in [2.75, 3.05) is 20.7 Å². The number of ether oxygens (including phenoxy) is 1. The fourth-order valence-electron chi connectivity index (χ4n) is 3.59. The van der Waals surface area contributed by atoms with E-state index in [0.29, 0.717) is 16.9 Å². The lowest BCUT2D eigenvalue weighted by Gasteiger charge is -2.35. The lowest BCUT2D eigenvalue weighted by Crippen LogP contribution is -2.59. The summed E-state index contributed by atoms with van der Waals surface area (Å²) in [5.41, 5.74) is 0.269. The van der Waals surface area contributed by atoms with Crippen LogP contribution in [0.15, 0.2) is 42.5 Å². The van der Waals surface area contributed by atoms with Crippen LogP contribution < -0.4 is 15.4 Å². The zero-order valence-corrected chi connectivity index (χ0v) is 16.5. The fraction of sp³-hybridized carbons (Fsp3) is 0.238. The number of imide groups is 1. The number of nitrogens with one attached hydrogen (secondary N) is 2. The number of hydrogen-bond acceptors (Lipinski definition) is 6. The highest BCUT2D eigenvalue weighted by Crippen LogP contribution is 2.31. The largest absolute Gasteiger partial charge is 0.497 e. The predicted octanol–water partition coefficient (Wildman–Crippen LogP) is 0.737. The Morgan fingerprint density at radius 3 is 2.50 bits per heavy atom. The van der Waals surface area contributed by atoms with Crippen LogP contribution in [0, 0.1) is 0 Å². The molecule has 1 aliphatic heterocycles. The van der Waals surface area contributed by atoms with E-state index < -0.39 is 17.4 Å². The molecule has 9 nitrogen and oxygen atoms in total.